The minimum absolute atomic E-state index is 0.760. The summed E-state index contributed by atoms with van der Waals surface area (Å²) >= 11 is 0. The van der Waals surface area contributed by atoms with Crippen molar-refractivity contribution in [3.8, 4) is 0 Å². The predicted octanol–water partition coefficient (Wildman–Crippen LogP) is -14.6. The number of ether oxygens (including phenoxy) is 10. The zero-order chi connectivity index (χ0) is 66.3. The van der Waals surface area contributed by atoms with Gasteiger partial charge in [0.2, 0.25) is 52.0 Å². The molecule has 0 aromatic carbocycles. The summed E-state index contributed by atoms with van der Waals surface area (Å²) < 4.78 is 363. The van der Waals surface area contributed by atoms with Gasteiger partial charge >= 0.3 is 0 Å². The largest absolute Gasteiger partial charge is 0.735 e. The molecule has 5 aliphatic heterocycles. The van der Waals surface area contributed by atoms with E-state index >= 15 is 0 Å². The van der Waals surface area contributed by atoms with Crippen molar-refractivity contribution in [2.24, 2.45) is 0 Å². The highest BCUT2D eigenvalue weighted by Gasteiger charge is 2.58. The summed E-state index contributed by atoms with van der Waals surface area (Å²) in [6.45, 7) is -3.25. The quantitative estimate of drug-likeness (QED) is 0.0259. The second-order valence-corrected chi connectivity index (χ2v) is 27.0. The Labute approximate surface area is 491 Å². The van der Waals surface area contributed by atoms with E-state index in [1.165, 1.54) is 9.44 Å². The maximum absolute atomic E-state index is 12.5. The summed E-state index contributed by atoms with van der Waals surface area (Å²) in [4.78, 5) is 0. The van der Waals surface area contributed by atoms with Crippen molar-refractivity contribution < 1.29 is 203 Å². The van der Waals surface area contributed by atoms with Crippen LogP contribution in [0.25, 0.3) is 0 Å². The van der Waals surface area contributed by atoms with E-state index < -0.39 is 256 Å². The average molecular weight is 1440 g/mol. The first kappa shape index (κ1) is 76.0. The van der Waals surface area contributed by atoms with Crippen LogP contribution < -0.4 is 14.2 Å². The van der Waals surface area contributed by atoms with Gasteiger partial charge in [0.1, 0.15) is 104 Å². The van der Waals surface area contributed by atoms with Crippen molar-refractivity contribution in [2.45, 2.75) is 167 Å². The molecule has 0 amide bonds. The molecule has 48 nitrogen and oxygen atoms in total. The molecule has 0 aliphatic carbocycles. The van der Waals surface area contributed by atoms with Crippen molar-refractivity contribution in [2.75, 3.05) is 26.9 Å². The Hall–Kier alpha value is -1.68. The van der Waals surface area contributed by atoms with Crippen LogP contribution >= 0.6 is 0 Å². The van der Waals surface area contributed by atoms with Gasteiger partial charge in [-0.2, -0.15) is 0 Å². The van der Waals surface area contributed by atoms with Crippen LogP contribution in [0.15, 0.2) is 0 Å². The number of methoxy groups -OCH3 is 1. The van der Waals surface area contributed by atoms with Crippen LogP contribution in [0, 0.1) is 0 Å². The van der Waals surface area contributed by atoms with Gasteiger partial charge in [0.05, 0.1) is 32.0 Å². The lowest BCUT2D eigenvalue weighted by Gasteiger charge is -2.51. The molecule has 5 heterocycles. The molecule has 5 rings (SSSR count). The van der Waals surface area contributed by atoms with Gasteiger partial charge in [-0.05, 0) is 13.8 Å². The Bertz CT molecular complexity index is 3270. The van der Waals surface area contributed by atoms with Crippen LogP contribution in [-0.2, 0) is 151 Å². The van der Waals surface area contributed by atoms with Crippen molar-refractivity contribution in [1.82, 2.24) is 14.2 Å². The molecule has 514 valence electrons. The molecule has 0 aromatic rings. The van der Waals surface area contributed by atoms with Gasteiger partial charge in [0.15, 0.2) is 68.5 Å². The molecule has 0 radical (unpaired) electrons. The fourth-order valence-corrected chi connectivity index (χ4v) is 12.6. The maximum Gasteiger partial charge on any atom is 0.218 e. The molecule has 5 fully saturated rings. The van der Waals surface area contributed by atoms with E-state index in [2.05, 4.69) is 20.9 Å². The Morgan fingerprint density at radius 1 is 0.345 bits per heavy atom. The third-order valence-electron chi connectivity index (χ3n) is 12.4. The molecule has 0 saturated carbocycles. The van der Waals surface area contributed by atoms with Crippen LogP contribution in [0.2, 0.25) is 0 Å². The smallest absolute Gasteiger partial charge is 0.218 e. The fraction of sp³-hybridized carbons (Fsp3) is 1.00. The van der Waals surface area contributed by atoms with Crippen LogP contribution in [0.5, 0.6) is 0 Å². The van der Waals surface area contributed by atoms with Gasteiger partial charge < -0.3 is 114 Å². The molecular weight excluding hydrogens is 1390 g/mol. The van der Waals surface area contributed by atoms with Gasteiger partial charge in [-0.15, -0.1) is 0 Å². The highest BCUT2D eigenvalue weighted by atomic mass is 32.3. The normalized spacial score (nSPS) is 40.0. The second-order valence-electron chi connectivity index (χ2n) is 18.4. The first-order chi connectivity index (χ1) is 39.3. The van der Waals surface area contributed by atoms with Gasteiger partial charge in [0, 0.05) is 7.11 Å². The van der Waals surface area contributed by atoms with Crippen LogP contribution in [-0.4, -0.2) is 315 Å². The van der Waals surface area contributed by atoms with Gasteiger partial charge in [-0.1, -0.05) is 0 Å². The Kier molecular flexibility index (Phi) is 25.3. The topological polar surface area (TPSA) is 754 Å². The van der Waals surface area contributed by atoms with E-state index in [1.807, 2.05) is 0 Å². The molecule has 10 unspecified atom stereocenters. The third kappa shape index (κ3) is 22.5. The van der Waals surface area contributed by atoms with E-state index in [4.69, 9.17) is 47.4 Å². The minimum atomic E-state index is -6.45. The van der Waals surface area contributed by atoms with E-state index in [9.17, 15) is 134 Å². The number of hydrogen-bond donors (Lipinski definition) is 9. The maximum atomic E-state index is 12.5. The highest BCUT2D eigenvalue weighted by molar-refractivity contribution is 7.84. The number of hydrogen-bond acceptors (Lipinski definition) is 45. The SMILES string of the molecule is CO[C@@H]1OC(COS(=O)(=O)[O-])[C@@H](O[C@@H]2OC(C)[C@@H](O[C@H]3OC(COS(=O)(=O)[O-])[C@@H](O[C@@H]4OC(C)[C@@H](O[C@@H]5OC(COS(=O)(=O)[O-])[C@@H](O)[C@H](O)C5NS(=O)(=O)[O-])[C@H](O)C4O)[C@H](OS(=O)(=O)[O-])C3NS(=O)(=O)[O-])[C@@H](O)C2OS(=O)(=O)[O-])[C@H](O)C1NS(=O)(=O)[O-]. The zero-order valence-corrected chi connectivity index (χ0v) is 49.5. The number of aliphatic hydroxyl groups is 6. The monoisotopic (exact) mass is 1440 g/mol. The van der Waals surface area contributed by atoms with Gasteiger partial charge in [0.25, 0.3) is 0 Å². The van der Waals surface area contributed by atoms with Gasteiger partial charge in [-0.3, -0.25) is 20.9 Å². The van der Waals surface area contributed by atoms with E-state index in [1.54, 1.807) is 0 Å². The molecular formula is C31H49N3O45S8-8. The standard InChI is InChI=1S/C31H57N3O45S8/c1-7-21(74-28-12(32-80(41,42)43)16(36)15(35)9(71-28)4-66-83(50,51)52)18(38)19(39)30(69-7)77-24-11(6-68-85(56,57)58)73-29(14(34-82(47,48)49)25(24)78-86(59,60)61)75-22-8(2)70-31(26(20(22)40)79-87(62,63)64)76-23-10(5-67-84(53,54)55)72-27(65-3)13(17(23)37)33-81(44,45)46/h7-40H,4-6H2,1-3H3,(H,41,42,43)(H,44,45,46)(H,47,48,49)(H,50,51,52)(H,53,54,55)(H,56,57,58)(H,59,60,61)(H,62,63,64)/p-8/t7?,8?,9?,10?,11?,12?,13?,14?,15-,16-,17-,18-,19?,20-,21-,22-,23-,24-,25-,26?,27-,28+,29-,30+,31+/m1/s1. The predicted molar refractivity (Wildman–Crippen MR) is 243 cm³/mol. The summed E-state index contributed by atoms with van der Waals surface area (Å²) in [7, 11) is -46.8. The molecule has 0 spiro atoms. The number of aliphatic hydroxyl groups excluding tert-OH is 6. The number of nitrogens with one attached hydrogen (secondary N) is 3. The molecule has 56 heteroatoms. The molecule has 5 aliphatic rings. The van der Waals surface area contributed by atoms with E-state index in [0.717, 1.165) is 25.7 Å². The molecule has 25 atom stereocenters. The highest BCUT2D eigenvalue weighted by Crippen LogP contribution is 2.38. The molecule has 0 aromatic heterocycles. The second kappa shape index (κ2) is 28.9. The van der Waals surface area contributed by atoms with Crippen molar-refractivity contribution in [3.05, 3.63) is 0 Å². The van der Waals surface area contributed by atoms with E-state index in [0.29, 0.717) is 0 Å². The van der Waals surface area contributed by atoms with Crippen LogP contribution in [0.4, 0.5) is 0 Å². The Morgan fingerprint density at radius 2 is 0.701 bits per heavy atom. The lowest BCUT2D eigenvalue weighted by molar-refractivity contribution is -0.374. The van der Waals surface area contributed by atoms with Crippen molar-refractivity contribution in [3.63, 3.8) is 0 Å². The van der Waals surface area contributed by atoms with Gasteiger partial charge in [-0.25, -0.2) is 81.5 Å². The minimum Gasteiger partial charge on any atom is -0.735 e. The fourth-order valence-electron chi connectivity index (χ4n) is 8.96. The summed E-state index contributed by atoms with van der Waals surface area (Å²) in [6.07, 6.45) is -56.7. The third-order valence-corrected chi connectivity index (χ3v) is 16.2. The summed E-state index contributed by atoms with van der Waals surface area (Å²) in [6, 6.07) is -7.82. The molecule has 87 heavy (non-hydrogen) atoms. The lowest BCUT2D eigenvalue weighted by Crippen LogP contribution is -2.70. The van der Waals surface area contributed by atoms with Crippen LogP contribution in [0.1, 0.15) is 13.8 Å². The zero-order valence-electron chi connectivity index (χ0n) is 42.9. The molecule has 9 N–H and O–H groups in total. The number of rotatable bonds is 28. The Morgan fingerprint density at radius 3 is 1.15 bits per heavy atom. The summed E-state index contributed by atoms with van der Waals surface area (Å²) in [5.41, 5.74) is 0. The summed E-state index contributed by atoms with van der Waals surface area (Å²) in [5.74, 6) is 0. The Balaban J connectivity index is 1.53. The molecule has 0 bridgehead atoms. The first-order valence-electron chi connectivity index (χ1n) is 23.1. The van der Waals surface area contributed by atoms with Crippen molar-refractivity contribution >= 4 is 82.9 Å². The van der Waals surface area contributed by atoms with Crippen molar-refractivity contribution in [1.29, 1.82) is 0 Å². The summed E-state index contributed by atoms with van der Waals surface area (Å²) in [5, 5.41) is 66.8. The van der Waals surface area contributed by atoms with Crippen LogP contribution in [0.3, 0.4) is 0 Å². The lowest BCUT2D eigenvalue weighted by atomic mass is 9.94. The average Bonchev–Trinajstić information content (AvgIpc) is 0.928. The molecule has 5 saturated heterocycles. The first-order valence-corrected chi connectivity index (χ1v) is 34.0. The van der Waals surface area contributed by atoms with E-state index in [-0.39, 0.29) is 0 Å².